The molecule has 0 saturated carbocycles. The van der Waals surface area contributed by atoms with Gasteiger partial charge >= 0.3 is 5.97 Å². The molecule has 0 saturated heterocycles. The van der Waals surface area contributed by atoms with Gasteiger partial charge in [0.05, 0.1) is 6.61 Å². The second kappa shape index (κ2) is 6.93. The van der Waals surface area contributed by atoms with Crippen LogP contribution in [0.3, 0.4) is 0 Å². The number of hydrogen-bond donors (Lipinski definition) is 1. The fourth-order valence-corrected chi connectivity index (χ4v) is 1.52. The number of ether oxygens (including phenoxy) is 2. The minimum Gasteiger partial charge on any atom is -0.478 e. The minimum absolute atomic E-state index is 0.159. The molecule has 0 unspecified atom stereocenters. The fourth-order valence-electron chi connectivity index (χ4n) is 1.52. The van der Waals surface area contributed by atoms with Crippen molar-refractivity contribution in [1.82, 2.24) is 5.32 Å². The number of carbonyl (C=O) groups excluding carboxylic acids is 2. The molecule has 1 amide bonds. The van der Waals surface area contributed by atoms with E-state index in [1.807, 2.05) is 19.1 Å². The van der Waals surface area contributed by atoms with Gasteiger partial charge in [0.15, 0.2) is 5.60 Å². The van der Waals surface area contributed by atoms with Gasteiger partial charge in [0, 0.05) is 0 Å². The van der Waals surface area contributed by atoms with Crippen LogP contribution >= 0.6 is 0 Å². The van der Waals surface area contributed by atoms with Crippen molar-refractivity contribution in [2.24, 2.45) is 0 Å². The summed E-state index contributed by atoms with van der Waals surface area (Å²) in [6.45, 7) is 7.11. The number of carbonyl (C=O) groups is 2. The van der Waals surface area contributed by atoms with Gasteiger partial charge in [-0.3, -0.25) is 9.59 Å². The molecular formula is C15H21NO4. The van der Waals surface area contributed by atoms with Crippen molar-refractivity contribution in [3.63, 3.8) is 0 Å². The molecule has 0 fully saturated rings. The first-order valence-electron chi connectivity index (χ1n) is 6.54. The van der Waals surface area contributed by atoms with E-state index in [0.29, 0.717) is 5.75 Å². The summed E-state index contributed by atoms with van der Waals surface area (Å²) in [5.74, 6) is -0.231. The van der Waals surface area contributed by atoms with Crippen molar-refractivity contribution < 1.29 is 19.1 Å². The SMILES string of the molecule is CCOC(=O)CNC(=O)C(C)(C)Oc1ccc(C)cc1. The zero-order chi connectivity index (χ0) is 15.2. The first kappa shape index (κ1) is 16.0. The lowest BCUT2D eigenvalue weighted by molar-refractivity contribution is -0.145. The molecule has 0 spiro atoms. The highest BCUT2D eigenvalue weighted by Gasteiger charge is 2.30. The number of nitrogens with one attached hydrogen (secondary N) is 1. The van der Waals surface area contributed by atoms with Crippen LogP contribution in [0.5, 0.6) is 5.75 Å². The summed E-state index contributed by atoms with van der Waals surface area (Å²) in [7, 11) is 0. The van der Waals surface area contributed by atoms with Crippen LogP contribution in [-0.4, -0.2) is 30.6 Å². The molecule has 0 aliphatic carbocycles. The van der Waals surface area contributed by atoms with Gasteiger partial charge in [0.25, 0.3) is 5.91 Å². The van der Waals surface area contributed by atoms with E-state index >= 15 is 0 Å². The molecule has 0 aliphatic rings. The first-order chi connectivity index (χ1) is 9.35. The van der Waals surface area contributed by atoms with E-state index in [0.717, 1.165) is 5.56 Å². The molecule has 0 atom stereocenters. The molecule has 0 bridgehead atoms. The average molecular weight is 279 g/mol. The van der Waals surface area contributed by atoms with Crippen LogP contribution in [0.1, 0.15) is 26.3 Å². The molecule has 5 nitrogen and oxygen atoms in total. The molecule has 1 N–H and O–H groups in total. The Kier molecular flexibility index (Phi) is 5.55. The van der Waals surface area contributed by atoms with Crippen LogP contribution < -0.4 is 10.1 Å². The average Bonchev–Trinajstić information content (AvgIpc) is 2.38. The Labute approximate surface area is 119 Å². The normalized spacial score (nSPS) is 10.8. The van der Waals surface area contributed by atoms with Crippen LogP contribution in [0.2, 0.25) is 0 Å². The molecule has 1 rings (SSSR count). The maximum Gasteiger partial charge on any atom is 0.325 e. The van der Waals surface area contributed by atoms with Crippen molar-refractivity contribution >= 4 is 11.9 Å². The minimum atomic E-state index is -1.07. The molecule has 20 heavy (non-hydrogen) atoms. The van der Waals surface area contributed by atoms with Gasteiger partial charge in [-0.15, -0.1) is 0 Å². The molecule has 5 heteroatoms. The molecule has 0 heterocycles. The fraction of sp³-hybridized carbons (Fsp3) is 0.467. The van der Waals surface area contributed by atoms with Crippen LogP contribution in [-0.2, 0) is 14.3 Å². The zero-order valence-electron chi connectivity index (χ0n) is 12.4. The second-order valence-electron chi connectivity index (χ2n) is 4.91. The third-order valence-electron chi connectivity index (χ3n) is 2.64. The summed E-state index contributed by atoms with van der Waals surface area (Å²) in [6, 6.07) is 7.41. The lowest BCUT2D eigenvalue weighted by atomic mass is 10.1. The quantitative estimate of drug-likeness (QED) is 0.807. The standard InChI is InChI=1S/C15H21NO4/c1-5-19-13(17)10-16-14(18)15(3,4)20-12-8-6-11(2)7-9-12/h6-9H,5,10H2,1-4H3,(H,16,18). The van der Waals surface area contributed by atoms with E-state index in [9.17, 15) is 9.59 Å². The van der Waals surface area contributed by atoms with Crippen molar-refractivity contribution in [2.45, 2.75) is 33.3 Å². The van der Waals surface area contributed by atoms with Gasteiger partial charge < -0.3 is 14.8 Å². The first-order valence-corrected chi connectivity index (χ1v) is 6.54. The third kappa shape index (κ3) is 4.91. The van der Waals surface area contributed by atoms with E-state index in [4.69, 9.17) is 9.47 Å². The second-order valence-corrected chi connectivity index (χ2v) is 4.91. The van der Waals surface area contributed by atoms with Crippen molar-refractivity contribution in [3.05, 3.63) is 29.8 Å². The van der Waals surface area contributed by atoms with E-state index in [2.05, 4.69) is 5.32 Å². The molecule has 110 valence electrons. The van der Waals surface area contributed by atoms with Gasteiger partial charge in [0.2, 0.25) is 0 Å². The number of benzene rings is 1. The molecule has 0 aromatic heterocycles. The Morgan fingerprint density at radius 1 is 1.20 bits per heavy atom. The Bertz CT molecular complexity index is 465. The summed E-state index contributed by atoms with van der Waals surface area (Å²) in [4.78, 5) is 23.2. The number of hydrogen-bond acceptors (Lipinski definition) is 4. The molecule has 0 aliphatic heterocycles. The topological polar surface area (TPSA) is 64.6 Å². The Morgan fingerprint density at radius 3 is 2.35 bits per heavy atom. The third-order valence-corrected chi connectivity index (χ3v) is 2.64. The van der Waals surface area contributed by atoms with Crippen molar-refractivity contribution in [2.75, 3.05) is 13.2 Å². The molecule has 1 aromatic carbocycles. The molecular weight excluding hydrogens is 258 g/mol. The summed E-state index contributed by atoms with van der Waals surface area (Å²) < 4.78 is 10.4. The summed E-state index contributed by atoms with van der Waals surface area (Å²) in [5, 5.41) is 2.50. The van der Waals surface area contributed by atoms with Crippen LogP contribution in [0.4, 0.5) is 0 Å². The lowest BCUT2D eigenvalue weighted by Crippen LogP contribution is -2.48. The highest BCUT2D eigenvalue weighted by atomic mass is 16.5. The van der Waals surface area contributed by atoms with Gasteiger partial charge in [-0.05, 0) is 39.8 Å². The van der Waals surface area contributed by atoms with Gasteiger partial charge in [-0.1, -0.05) is 17.7 Å². The molecule has 1 aromatic rings. The van der Waals surface area contributed by atoms with Gasteiger partial charge in [-0.25, -0.2) is 0 Å². The van der Waals surface area contributed by atoms with E-state index in [1.165, 1.54) is 0 Å². The van der Waals surface area contributed by atoms with E-state index in [-0.39, 0.29) is 19.1 Å². The Hall–Kier alpha value is -2.04. The van der Waals surface area contributed by atoms with Crippen molar-refractivity contribution in [1.29, 1.82) is 0 Å². The zero-order valence-corrected chi connectivity index (χ0v) is 12.4. The highest BCUT2D eigenvalue weighted by Crippen LogP contribution is 2.18. The van der Waals surface area contributed by atoms with E-state index < -0.39 is 11.6 Å². The molecule has 0 radical (unpaired) electrons. The number of amides is 1. The maximum absolute atomic E-state index is 12.0. The predicted molar refractivity (Wildman–Crippen MR) is 75.5 cm³/mol. The van der Waals surface area contributed by atoms with Crippen molar-refractivity contribution in [3.8, 4) is 5.75 Å². The lowest BCUT2D eigenvalue weighted by Gasteiger charge is -2.25. The van der Waals surface area contributed by atoms with E-state index in [1.54, 1.807) is 32.9 Å². The largest absolute Gasteiger partial charge is 0.478 e. The maximum atomic E-state index is 12.0. The number of rotatable bonds is 6. The monoisotopic (exact) mass is 279 g/mol. The predicted octanol–water partition coefficient (Wildman–Crippen LogP) is 1.83. The number of aryl methyl sites for hydroxylation is 1. The Morgan fingerprint density at radius 2 is 1.80 bits per heavy atom. The van der Waals surface area contributed by atoms with Crippen LogP contribution in [0, 0.1) is 6.92 Å². The Balaban J connectivity index is 2.56. The number of esters is 1. The van der Waals surface area contributed by atoms with Crippen LogP contribution in [0.15, 0.2) is 24.3 Å². The summed E-state index contributed by atoms with van der Waals surface area (Å²) >= 11 is 0. The smallest absolute Gasteiger partial charge is 0.325 e. The van der Waals surface area contributed by atoms with Crippen LogP contribution in [0.25, 0.3) is 0 Å². The highest BCUT2D eigenvalue weighted by molar-refractivity contribution is 5.87. The summed E-state index contributed by atoms with van der Waals surface area (Å²) in [5.41, 5.74) is 0.0452. The van der Waals surface area contributed by atoms with Gasteiger partial charge in [-0.2, -0.15) is 0 Å². The van der Waals surface area contributed by atoms with Gasteiger partial charge in [0.1, 0.15) is 12.3 Å². The summed E-state index contributed by atoms with van der Waals surface area (Å²) in [6.07, 6.45) is 0.